The monoisotopic (exact) mass is 281 g/mol. The minimum atomic E-state index is 0.220. The van der Waals surface area contributed by atoms with Gasteiger partial charge >= 0.3 is 0 Å². The molecule has 2 aromatic carbocycles. The van der Waals surface area contributed by atoms with Crippen molar-refractivity contribution in [3.63, 3.8) is 0 Å². The number of para-hydroxylation sites is 1. The molecule has 21 heavy (non-hydrogen) atoms. The molecule has 3 rings (SSSR count). The van der Waals surface area contributed by atoms with E-state index in [0.29, 0.717) is 18.3 Å². The zero-order valence-electron chi connectivity index (χ0n) is 11.6. The highest BCUT2D eigenvalue weighted by atomic mass is 16.5. The summed E-state index contributed by atoms with van der Waals surface area (Å²) < 4.78 is 5.72. The van der Waals surface area contributed by atoms with Crippen molar-refractivity contribution in [1.29, 1.82) is 0 Å². The zero-order valence-corrected chi connectivity index (χ0v) is 11.6. The molecule has 0 unspecified atom stereocenters. The van der Waals surface area contributed by atoms with Crippen molar-refractivity contribution in [2.24, 2.45) is 0 Å². The van der Waals surface area contributed by atoms with Gasteiger partial charge in [0, 0.05) is 5.56 Å². The van der Waals surface area contributed by atoms with Gasteiger partial charge in [-0.2, -0.15) is 5.10 Å². The summed E-state index contributed by atoms with van der Waals surface area (Å²) in [4.78, 5) is 4.38. The number of nitrogens with one attached hydrogen (secondary N) is 1. The molecule has 3 aromatic rings. The molecule has 0 saturated heterocycles. The van der Waals surface area contributed by atoms with Crippen molar-refractivity contribution < 1.29 is 9.84 Å². The van der Waals surface area contributed by atoms with E-state index in [0.717, 1.165) is 16.9 Å². The number of nitrogens with zero attached hydrogens (tertiary/aromatic N) is 2. The molecule has 0 spiro atoms. The molecule has 0 atom stereocenters. The van der Waals surface area contributed by atoms with Crippen LogP contribution in [0.2, 0.25) is 0 Å². The second-order valence-corrected chi connectivity index (χ2v) is 4.71. The van der Waals surface area contributed by atoms with Crippen LogP contribution in [0.1, 0.15) is 11.4 Å². The van der Waals surface area contributed by atoms with Gasteiger partial charge < -0.3 is 9.84 Å². The maximum Gasteiger partial charge on any atom is 0.181 e. The number of ether oxygens (including phenoxy) is 1. The number of aromatic nitrogens is 3. The Labute approximate surface area is 122 Å². The van der Waals surface area contributed by atoms with Gasteiger partial charge in [-0.3, -0.25) is 5.10 Å². The molecule has 2 N–H and O–H groups in total. The number of rotatable bonds is 4. The average Bonchev–Trinajstić information content (AvgIpc) is 2.96. The summed E-state index contributed by atoms with van der Waals surface area (Å²) in [6, 6.07) is 14.6. The second-order valence-electron chi connectivity index (χ2n) is 4.71. The van der Waals surface area contributed by atoms with Gasteiger partial charge in [-0.15, -0.1) is 0 Å². The van der Waals surface area contributed by atoms with E-state index in [2.05, 4.69) is 15.2 Å². The number of aryl methyl sites for hydroxylation is 1. The lowest BCUT2D eigenvalue weighted by atomic mass is 10.2. The van der Waals surface area contributed by atoms with Crippen LogP contribution in [0.4, 0.5) is 0 Å². The van der Waals surface area contributed by atoms with Crippen LogP contribution < -0.4 is 4.74 Å². The van der Waals surface area contributed by atoms with Crippen LogP contribution in [0.15, 0.2) is 48.5 Å². The quantitative estimate of drug-likeness (QED) is 0.771. The van der Waals surface area contributed by atoms with Crippen molar-refractivity contribution in [2.75, 3.05) is 0 Å². The maximum absolute atomic E-state index is 9.28. The number of aromatic hydroxyl groups is 1. The number of hydrogen-bond donors (Lipinski definition) is 2. The van der Waals surface area contributed by atoms with E-state index in [-0.39, 0.29) is 5.75 Å². The van der Waals surface area contributed by atoms with E-state index in [1.54, 1.807) is 24.3 Å². The lowest BCUT2D eigenvalue weighted by Gasteiger charge is -2.06. The van der Waals surface area contributed by atoms with Gasteiger partial charge in [-0.1, -0.05) is 18.2 Å². The summed E-state index contributed by atoms with van der Waals surface area (Å²) >= 11 is 0. The molecule has 0 radical (unpaired) electrons. The first kappa shape index (κ1) is 13.2. The minimum Gasteiger partial charge on any atom is -0.508 e. The van der Waals surface area contributed by atoms with Crippen LogP contribution in [-0.2, 0) is 6.61 Å². The Morgan fingerprint density at radius 1 is 1.10 bits per heavy atom. The van der Waals surface area contributed by atoms with Crippen LogP contribution in [0.25, 0.3) is 11.4 Å². The van der Waals surface area contributed by atoms with E-state index in [9.17, 15) is 5.11 Å². The van der Waals surface area contributed by atoms with Gasteiger partial charge in [0.1, 0.15) is 18.1 Å². The molecule has 0 aliphatic heterocycles. The van der Waals surface area contributed by atoms with E-state index in [1.165, 1.54) is 0 Å². The highest BCUT2D eigenvalue weighted by Gasteiger charge is 2.07. The van der Waals surface area contributed by atoms with E-state index < -0.39 is 0 Å². The molecular formula is C16H15N3O2. The summed E-state index contributed by atoms with van der Waals surface area (Å²) in [6.07, 6.45) is 0. The Morgan fingerprint density at radius 3 is 2.62 bits per heavy atom. The predicted octanol–water partition coefficient (Wildman–Crippen LogP) is 3.06. The Balaban J connectivity index is 1.71. The molecule has 1 aromatic heterocycles. The van der Waals surface area contributed by atoms with E-state index in [1.807, 2.05) is 31.2 Å². The van der Waals surface area contributed by atoms with Gasteiger partial charge in [-0.25, -0.2) is 4.98 Å². The molecule has 0 bridgehead atoms. The summed E-state index contributed by atoms with van der Waals surface area (Å²) in [7, 11) is 0. The Bertz CT molecular complexity index is 735. The van der Waals surface area contributed by atoms with Crippen LogP contribution in [0, 0.1) is 6.92 Å². The van der Waals surface area contributed by atoms with Crippen LogP contribution in [0.5, 0.6) is 11.5 Å². The molecule has 0 saturated carbocycles. The van der Waals surface area contributed by atoms with Crippen molar-refractivity contribution in [1.82, 2.24) is 15.2 Å². The van der Waals surface area contributed by atoms with Crippen LogP contribution >= 0.6 is 0 Å². The van der Waals surface area contributed by atoms with Crippen molar-refractivity contribution >= 4 is 0 Å². The second kappa shape index (κ2) is 5.66. The average molecular weight is 281 g/mol. The number of phenolic OH excluding ortho intramolecular Hbond substituents is 1. The number of H-pyrrole nitrogens is 1. The third-order valence-electron chi connectivity index (χ3n) is 3.12. The van der Waals surface area contributed by atoms with Crippen molar-refractivity contribution in [3.8, 4) is 22.9 Å². The van der Waals surface area contributed by atoms with Gasteiger partial charge in [-0.05, 0) is 42.8 Å². The molecule has 0 aliphatic rings. The fourth-order valence-corrected chi connectivity index (χ4v) is 1.96. The third-order valence-corrected chi connectivity index (χ3v) is 3.12. The van der Waals surface area contributed by atoms with E-state index >= 15 is 0 Å². The first-order valence-electron chi connectivity index (χ1n) is 6.61. The standard InChI is InChI=1S/C16H15N3O2/c1-11-4-2-3-5-14(11)21-10-15-17-16(19-18-15)12-6-8-13(20)9-7-12/h2-9,20H,10H2,1H3,(H,17,18,19). The predicted molar refractivity (Wildman–Crippen MR) is 79.0 cm³/mol. The van der Waals surface area contributed by atoms with Crippen molar-refractivity contribution in [2.45, 2.75) is 13.5 Å². The van der Waals surface area contributed by atoms with Gasteiger partial charge in [0.15, 0.2) is 11.6 Å². The summed E-state index contributed by atoms with van der Waals surface area (Å²) in [5, 5.41) is 16.3. The lowest BCUT2D eigenvalue weighted by molar-refractivity contribution is 0.294. The molecule has 5 nitrogen and oxygen atoms in total. The molecule has 0 fully saturated rings. The Kier molecular flexibility index (Phi) is 3.55. The zero-order chi connectivity index (χ0) is 14.7. The van der Waals surface area contributed by atoms with Crippen LogP contribution in [0.3, 0.4) is 0 Å². The molecule has 0 amide bonds. The largest absolute Gasteiger partial charge is 0.508 e. The number of aromatic amines is 1. The summed E-state index contributed by atoms with van der Waals surface area (Å²) in [5.41, 5.74) is 1.92. The first-order chi connectivity index (χ1) is 10.2. The highest BCUT2D eigenvalue weighted by Crippen LogP contribution is 2.20. The number of phenols is 1. The summed E-state index contributed by atoms with van der Waals surface area (Å²) in [5.74, 6) is 2.29. The Hall–Kier alpha value is -2.82. The molecular weight excluding hydrogens is 266 g/mol. The first-order valence-corrected chi connectivity index (χ1v) is 6.61. The fraction of sp³-hybridized carbons (Fsp3) is 0.125. The van der Waals surface area contributed by atoms with Gasteiger partial charge in [0.2, 0.25) is 0 Å². The van der Waals surface area contributed by atoms with Crippen LogP contribution in [-0.4, -0.2) is 20.3 Å². The third kappa shape index (κ3) is 3.02. The fourth-order valence-electron chi connectivity index (χ4n) is 1.96. The van der Waals surface area contributed by atoms with Gasteiger partial charge in [0.25, 0.3) is 0 Å². The normalized spacial score (nSPS) is 10.5. The molecule has 0 aliphatic carbocycles. The number of benzene rings is 2. The molecule has 1 heterocycles. The Morgan fingerprint density at radius 2 is 1.86 bits per heavy atom. The smallest absolute Gasteiger partial charge is 0.181 e. The van der Waals surface area contributed by atoms with Crippen molar-refractivity contribution in [3.05, 3.63) is 59.9 Å². The molecule has 106 valence electrons. The minimum absolute atomic E-state index is 0.220. The maximum atomic E-state index is 9.28. The highest BCUT2D eigenvalue weighted by molar-refractivity contribution is 5.55. The SMILES string of the molecule is Cc1ccccc1OCc1nc(-c2ccc(O)cc2)n[nH]1. The number of hydrogen-bond acceptors (Lipinski definition) is 4. The topological polar surface area (TPSA) is 71.0 Å². The molecule has 5 heteroatoms. The van der Waals surface area contributed by atoms with Gasteiger partial charge in [0.05, 0.1) is 0 Å². The summed E-state index contributed by atoms with van der Waals surface area (Å²) in [6.45, 7) is 2.33. The lowest BCUT2D eigenvalue weighted by Crippen LogP contribution is -1.98. The van der Waals surface area contributed by atoms with E-state index in [4.69, 9.17) is 4.74 Å².